The highest BCUT2D eigenvalue weighted by Gasteiger charge is 2.16. The Labute approximate surface area is 171 Å². The van der Waals surface area contributed by atoms with Crippen LogP contribution in [0.25, 0.3) is 11.0 Å². The monoisotopic (exact) mass is 443 g/mol. The lowest BCUT2D eigenvalue weighted by Gasteiger charge is -2.19. The van der Waals surface area contributed by atoms with Crippen molar-refractivity contribution in [1.29, 1.82) is 0 Å². The summed E-state index contributed by atoms with van der Waals surface area (Å²) in [5.41, 5.74) is 3.11. The van der Waals surface area contributed by atoms with Gasteiger partial charge in [-0.25, -0.2) is 4.98 Å². The van der Waals surface area contributed by atoms with E-state index in [4.69, 9.17) is 4.74 Å². The Hall–Kier alpha value is -2.67. The summed E-state index contributed by atoms with van der Waals surface area (Å²) in [6.45, 7) is 4.56. The molecule has 0 radical (unpaired) electrons. The quantitative estimate of drug-likeness (QED) is 0.601. The van der Waals surface area contributed by atoms with Crippen LogP contribution >= 0.6 is 15.9 Å². The van der Waals surface area contributed by atoms with E-state index in [1.807, 2.05) is 25.1 Å². The van der Waals surface area contributed by atoms with Gasteiger partial charge in [0.1, 0.15) is 11.4 Å². The molecule has 0 saturated carbocycles. The Morgan fingerprint density at radius 2 is 2.00 bits per heavy atom. The van der Waals surface area contributed by atoms with Crippen molar-refractivity contribution in [3.8, 4) is 5.75 Å². The number of hydrogen-bond donors (Lipinski definition) is 0. The normalized spacial score (nSPS) is 10.9. The number of methoxy groups -OCH3 is 1. The van der Waals surface area contributed by atoms with Crippen LogP contribution in [0.15, 0.2) is 45.7 Å². The van der Waals surface area contributed by atoms with Crippen molar-refractivity contribution >= 4 is 32.9 Å². The van der Waals surface area contributed by atoms with Crippen LogP contribution in [0.5, 0.6) is 5.75 Å². The fourth-order valence-electron chi connectivity index (χ4n) is 3.24. The molecular formula is C21H22BrN3O3. The van der Waals surface area contributed by atoms with Crippen LogP contribution in [0.2, 0.25) is 0 Å². The minimum Gasteiger partial charge on any atom is -0.496 e. The molecule has 1 heterocycles. The van der Waals surface area contributed by atoms with Gasteiger partial charge >= 0.3 is 0 Å². The summed E-state index contributed by atoms with van der Waals surface area (Å²) in [4.78, 5) is 31.2. The van der Waals surface area contributed by atoms with Crippen molar-refractivity contribution in [2.75, 3.05) is 14.2 Å². The molecule has 0 unspecified atom stereocenters. The lowest BCUT2D eigenvalue weighted by molar-refractivity contribution is 0.0784. The molecule has 0 N–H and O–H groups in total. The van der Waals surface area contributed by atoms with E-state index in [2.05, 4.69) is 20.9 Å². The molecule has 6 nitrogen and oxygen atoms in total. The number of ether oxygens (including phenoxy) is 1. The fourth-order valence-corrected chi connectivity index (χ4v) is 3.65. The highest BCUT2D eigenvalue weighted by Crippen LogP contribution is 2.25. The predicted molar refractivity (Wildman–Crippen MR) is 113 cm³/mol. The molecule has 0 spiro atoms. The molecule has 0 bridgehead atoms. The third kappa shape index (κ3) is 3.80. The second-order valence-electron chi connectivity index (χ2n) is 6.57. The van der Waals surface area contributed by atoms with E-state index in [0.29, 0.717) is 29.9 Å². The van der Waals surface area contributed by atoms with Gasteiger partial charge in [0, 0.05) is 35.7 Å². The molecule has 1 aromatic heterocycles. The average Bonchev–Trinajstić information content (AvgIpc) is 2.68. The molecule has 3 aromatic rings. The van der Waals surface area contributed by atoms with Crippen molar-refractivity contribution in [2.45, 2.75) is 26.9 Å². The highest BCUT2D eigenvalue weighted by atomic mass is 79.9. The Bertz CT molecular complexity index is 1110. The van der Waals surface area contributed by atoms with Crippen LogP contribution < -0.4 is 10.3 Å². The van der Waals surface area contributed by atoms with Crippen molar-refractivity contribution in [3.63, 3.8) is 0 Å². The van der Waals surface area contributed by atoms with Gasteiger partial charge in [0.25, 0.3) is 11.5 Å². The van der Waals surface area contributed by atoms with Gasteiger partial charge in [-0.15, -0.1) is 0 Å². The highest BCUT2D eigenvalue weighted by molar-refractivity contribution is 9.10. The number of hydrogen-bond acceptors (Lipinski definition) is 4. The molecule has 28 heavy (non-hydrogen) atoms. The SMILES string of the molecule is CCn1c(=O)c(C)nc2cc(C(=O)N(C)Cc3cc(Br)ccc3OC)ccc21. The minimum absolute atomic E-state index is 0.104. The molecule has 7 heteroatoms. The largest absolute Gasteiger partial charge is 0.496 e. The van der Waals surface area contributed by atoms with E-state index >= 15 is 0 Å². The van der Waals surface area contributed by atoms with Gasteiger partial charge < -0.3 is 14.2 Å². The average molecular weight is 444 g/mol. The number of fused-ring (bicyclic) bond motifs is 1. The van der Waals surface area contributed by atoms with Gasteiger partial charge in [-0.1, -0.05) is 15.9 Å². The van der Waals surface area contributed by atoms with Crippen molar-refractivity contribution in [2.24, 2.45) is 0 Å². The molecule has 0 aliphatic carbocycles. The van der Waals surface area contributed by atoms with Gasteiger partial charge in [-0.05, 0) is 50.2 Å². The summed E-state index contributed by atoms with van der Waals surface area (Å²) in [5, 5.41) is 0. The molecule has 0 atom stereocenters. The second kappa shape index (κ2) is 8.14. The number of aryl methyl sites for hydroxylation is 2. The van der Waals surface area contributed by atoms with Crippen LogP contribution in [-0.2, 0) is 13.1 Å². The van der Waals surface area contributed by atoms with Gasteiger partial charge in [-0.3, -0.25) is 9.59 Å². The predicted octanol–water partition coefficient (Wildman–Crippen LogP) is 3.77. The number of carbonyl (C=O) groups excluding carboxylic acids is 1. The van der Waals surface area contributed by atoms with Gasteiger partial charge in [0.05, 0.1) is 18.1 Å². The minimum atomic E-state index is -0.127. The molecule has 0 fully saturated rings. The zero-order valence-electron chi connectivity index (χ0n) is 16.3. The topological polar surface area (TPSA) is 64.4 Å². The molecule has 3 rings (SSSR count). The van der Waals surface area contributed by atoms with Crippen LogP contribution in [-0.4, -0.2) is 34.5 Å². The number of halogens is 1. The number of carbonyl (C=O) groups is 1. The number of rotatable bonds is 5. The molecule has 2 aromatic carbocycles. The molecular weight excluding hydrogens is 422 g/mol. The number of benzene rings is 2. The first-order valence-electron chi connectivity index (χ1n) is 8.94. The first-order chi connectivity index (χ1) is 13.3. The third-order valence-corrected chi connectivity index (χ3v) is 5.16. The van der Waals surface area contributed by atoms with Crippen LogP contribution in [0.1, 0.15) is 28.5 Å². The zero-order chi connectivity index (χ0) is 20.4. The van der Waals surface area contributed by atoms with Gasteiger partial charge in [0.15, 0.2) is 0 Å². The summed E-state index contributed by atoms with van der Waals surface area (Å²) >= 11 is 3.46. The van der Waals surface area contributed by atoms with Gasteiger partial charge in [0.2, 0.25) is 0 Å². The van der Waals surface area contributed by atoms with Gasteiger partial charge in [-0.2, -0.15) is 0 Å². The first-order valence-corrected chi connectivity index (χ1v) is 9.74. The smallest absolute Gasteiger partial charge is 0.272 e. The zero-order valence-corrected chi connectivity index (χ0v) is 17.9. The van der Waals surface area contributed by atoms with E-state index in [9.17, 15) is 9.59 Å². The van der Waals surface area contributed by atoms with E-state index in [1.54, 1.807) is 48.7 Å². The molecule has 0 saturated heterocycles. The Morgan fingerprint density at radius 3 is 2.68 bits per heavy atom. The summed E-state index contributed by atoms with van der Waals surface area (Å²) < 4.78 is 7.98. The van der Waals surface area contributed by atoms with Crippen LogP contribution in [0.3, 0.4) is 0 Å². The summed E-state index contributed by atoms with van der Waals surface area (Å²) in [7, 11) is 3.36. The summed E-state index contributed by atoms with van der Waals surface area (Å²) in [5.74, 6) is 0.600. The lowest BCUT2D eigenvalue weighted by atomic mass is 10.1. The van der Waals surface area contributed by atoms with E-state index < -0.39 is 0 Å². The molecule has 0 aliphatic heterocycles. The molecule has 146 valence electrons. The first kappa shape index (κ1) is 20.1. The van der Waals surface area contributed by atoms with E-state index in [-0.39, 0.29) is 11.5 Å². The maximum atomic E-state index is 13.0. The molecule has 1 amide bonds. The van der Waals surface area contributed by atoms with E-state index in [0.717, 1.165) is 21.3 Å². The second-order valence-corrected chi connectivity index (χ2v) is 7.48. The molecule has 0 aliphatic rings. The van der Waals surface area contributed by atoms with Crippen molar-refractivity contribution in [3.05, 3.63) is 68.0 Å². The maximum Gasteiger partial charge on any atom is 0.272 e. The Morgan fingerprint density at radius 1 is 1.25 bits per heavy atom. The number of aromatic nitrogens is 2. The maximum absolute atomic E-state index is 13.0. The Kier molecular flexibility index (Phi) is 5.84. The van der Waals surface area contributed by atoms with Crippen LogP contribution in [0, 0.1) is 6.92 Å². The fraction of sp³-hybridized carbons (Fsp3) is 0.286. The number of nitrogens with zero attached hydrogens (tertiary/aromatic N) is 3. The number of amides is 1. The summed E-state index contributed by atoms with van der Waals surface area (Å²) in [6, 6.07) is 11.0. The lowest BCUT2D eigenvalue weighted by Crippen LogP contribution is -2.27. The van der Waals surface area contributed by atoms with Crippen molar-refractivity contribution < 1.29 is 9.53 Å². The van der Waals surface area contributed by atoms with Crippen molar-refractivity contribution in [1.82, 2.24) is 14.5 Å². The standard InChI is InChI=1S/C21H22BrN3O3/c1-5-25-18-8-6-14(11-17(18)23-13(2)20(25)26)21(27)24(3)12-15-10-16(22)7-9-19(15)28-4/h6-11H,5,12H2,1-4H3. The van der Waals surface area contributed by atoms with E-state index in [1.165, 1.54) is 0 Å². The summed E-state index contributed by atoms with van der Waals surface area (Å²) in [6.07, 6.45) is 0. The van der Waals surface area contributed by atoms with Crippen LogP contribution in [0.4, 0.5) is 0 Å². The Balaban J connectivity index is 1.94. The third-order valence-electron chi connectivity index (χ3n) is 4.67.